The number of ether oxygens (including phenoxy) is 6. The molecule has 6 aromatic rings. The SMILES string of the molecule is C.C.CB(O)NC1CN2CCC1C2.CCOC(=O)/C=C\CNCc1ccccc1.CCOC(=O)C=CCBr.CCOC(=O)C[C@H]1CN(Cc2ccccc2)C[C@@H]1N.CCOC(=O)C[C@H]1CN(Cc2ccccc2)C[C@@H]1[N+](=O)[O-].NC1CN2CCC1C2.O=C(OCC[N+](=O)[O-])c1ccccc1.O=[N+]([O-])CCO.[B]C(=O)N[C@H]1CN(Cc2ccccc2)C[C@@H]1CC(=O)OCC.[B]C(=O)N[C@H]1CN(Cc2ccccc2)C[C@@H]1CCO. The summed E-state index contributed by atoms with van der Waals surface area (Å²) in [4.78, 5) is 132. The zero-order valence-corrected chi connectivity index (χ0v) is 86.1. The van der Waals surface area contributed by atoms with Crippen LogP contribution >= 0.6 is 15.9 Å². The molecule has 147 heavy (non-hydrogen) atoms. The average Bonchev–Trinajstić information content (AvgIpc) is 1.68. The molecule has 0 saturated carbocycles. The Kier molecular flexibility index (Phi) is 67.6. The summed E-state index contributed by atoms with van der Waals surface area (Å²) in [5.41, 5.74) is 18.4. The number of nitrogens with one attached hydrogen (secondary N) is 4. The molecule has 0 spiro atoms. The number of carbonyl (C=O) groups excluding carboxylic acids is 8. The lowest BCUT2D eigenvalue weighted by Gasteiger charge is -2.23. The molecule has 8 fully saturated rings. The van der Waals surface area contributed by atoms with Crippen LogP contribution in [0, 0.1) is 65.9 Å². The summed E-state index contributed by atoms with van der Waals surface area (Å²) in [6.07, 6.45) is 10.5. The first kappa shape index (κ1) is 130. The van der Waals surface area contributed by atoms with E-state index in [2.05, 4.69) is 120 Å². The van der Waals surface area contributed by atoms with Crippen LogP contribution in [0.15, 0.2) is 206 Å². The van der Waals surface area contributed by atoms with Crippen molar-refractivity contribution in [1.82, 2.24) is 50.6 Å². The van der Waals surface area contributed by atoms with Gasteiger partial charge in [0.1, 0.15) is 6.61 Å². The molecule has 8 aliphatic heterocycles. The van der Waals surface area contributed by atoms with Crippen molar-refractivity contribution >= 4 is 86.1 Å². The molecule has 6 unspecified atom stereocenters. The van der Waals surface area contributed by atoms with E-state index in [9.17, 15) is 68.7 Å². The highest BCUT2D eigenvalue weighted by Gasteiger charge is 2.44. The third-order valence-corrected chi connectivity index (χ3v) is 24.7. The third-order valence-electron chi connectivity index (χ3n) is 24.3. The Morgan fingerprint density at radius 3 is 1.21 bits per heavy atom. The van der Waals surface area contributed by atoms with E-state index < -0.39 is 33.5 Å². The number of fused-ring (bicyclic) bond motifs is 4. The number of hydrogen-bond donors (Lipinski definition) is 9. The van der Waals surface area contributed by atoms with Crippen LogP contribution < -0.4 is 32.6 Å². The second-order valence-electron chi connectivity index (χ2n) is 35.7. The van der Waals surface area contributed by atoms with Gasteiger partial charge in [0, 0.05) is 186 Å². The van der Waals surface area contributed by atoms with Gasteiger partial charge >= 0.3 is 42.9 Å². The fraction of sp³-hybridized carbons (Fsp3) is 0.543. The fourth-order valence-corrected chi connectivity index (χ4v) is 17.9. The van der Waals surface area contributed by atoms with Crippen molar-refractivity contribution in [3.05, 3.63) is 270 Å². The number of nitrogens with zero attached hydrogens (tertiary/aromatic N) is 9. The first-order chi connectivity index (χ1) is 69.8. The van der Waals surface area contributed by atoms with Gasteiger partial charge in [-0.05, 0) is 137 Å². The average molecular weight is 2110 g/mol. The number of hydrogen-bond acceptors (Lipinski definition) is 33. The van der Waals surface area contributed by atoms with Crippen LogP contribution in [-0.4, -0.2) is 335 Å². The lowest BCUT2D eigenvalue weighted by molar-refractivity contribution is -0.525. The molecule has 14 rings (SSSR count). The monoisotopic (exact) mass is 2110 g/mol. The number of piperidine rings is 2. The molecule has 8 saturated heterocycles. The molecule has 4 radical (unpaired) electrons. The van der Waals surface area contributed by atoms with Crippen molar-refractivity contribution < 1.29 is 96.8 Å². The zero-order chi connectivity index (χ0) is 106. The van der Waals surface area contributed by atoms with E-state index in [0.717, 1.165) is 89.4 Å². The number of rotatable bonds is 39. The maximum atomic E-state index is 11.7. The Hall–Kier alpha value is -11.1. The van der Waals surface area contributed by atoms with Crippen LogP contribution in [0.5, 0.6) is 0 Å². The Morgan fingerprint density at radius 1 is 0.456 bits per heavy atom. The predicted molar refractivity (Wildman–Crippen MR) is 574 cm³/mol. The smallest absolute Gasteiger partial charge is 0.373 e. The molecular formula is C105H157B3BrN15O23. The predicted octanol–water partition coefficient (Wildman–Crippen LogP) is 9.26. The van der Waals surface area contributed by atoms with Crippen molar-refractivity contribution in [1.29, 1.82) is 0 Å². The Morgan fingerprint density at radius 2 is 0.844 bits per heavy atom. The number of amides is 2. The maximum absolute atomic E-state index is 11.7. The van der Waals surface area contributed by atoms with Crippen molar-refractivity contribution in [2.45, 2.75) is 164 Å². The number of aliphatic hydroxyl groups excluding tert-OH is 2. The molecule has 11 N–H and O–H groups in total. The van der Waals surface area contributed by atoms with Gasteiger partial charge in [-0.2, -0.15) is 0 Å². The highest BCUT2D eigenvalue weighted by Crippen LogP contribution is 2.31. The molecule has 0 aromatic heterocycles. The third kappa shape index (κ3) is 56.2. The minimum Gasteiger partial charge on any atom is -0.466 e. The number of aliphatic hydroxyl groups is 2. The highest BCUT2D eigenvalue weighted by atomic mass is 79.9. The van der Waals surface area contributed by atoms with E-state index in [-0.39, 0.29) is 138 Å². The van der Waals surface area contributed by atoms with Crippen LogP contribution in [0.2, 0.25) is 6.82 Å². The molecule has 0 aliphatic carbocycles. The normalized spacial score (nSPS) is 21.4. The molecule has 6 aromatic carbocycles. The fourth-order valence-electron chi connectivity index (χ4n) is 17.7. The minimum absolute atomic E-state index is 0. The van der Waals surface area contributed by atoms with E-state index in [1.807, 2.05) is 115 Å². The molecule has 2 amide bonds. The van der Waals surface area contributed by atoms with Crippen LogP contribution in [0.1, 0.15) is 126 Å². The largest absolute Gasteiger partial charge is 0.466 e. The number of alkyl halides is 1. The van der Waals surface area contributed by atoms with Gasteiger partial charge in [0.05, 0.1) is 70.3 Å². The van der Waals surface area contributed by atoms with E-state index in [1.54, 1.807) is 77.0 Å². The van der Waals surface area contributed by atoms with Crippen LogP contribution in [0.3, 0.4) is 0 Å². The van der Waals surface area contributed by atoms with E-state index >= 15 is 0 Å². The van der Waals surface area contributed by atoms with Gasteiger partial charge in [-0.25, -0.2) is 14.4 Å². The number of halogens is 1. The van der Waals surface area contributed by atoms with Gasteiger partial charge in [0.15, 0.2) is 18.2 Å². The zero-order valence-electron chi connectivity index (χ0n) is 84.5. The minimum atomic E-state index is -0.696. The lowest BCUT2D eigenvalue weighted by atomic mass is 9.84. The number of nitrogens with two attached hydrogens (primary N) is 2. The first-order valence-electron chi connectivity index (χ1n) is 49.6. The van der Waals surface area contributed by atoms with Gasteiger partial charge < -0.3 is 86.1 Å². The number of benzene rings is 6. The second kappa shape index (κ2) is 76.4. The molecule has 806 valence electrons. The molecule has 42 heteroatoms. The summed E-state index contributed by atoms with van der Waals surface area (Å²) >= 11 is 3.13. The van der Waals surface area contributed by atoms with Crippen molar-refractivity contribution in [2.75, 3.05) is 169 Å². The van der Waals surface area contributed by atoms with Gasteiger partial charge in [-0.1, -0.05) is 213 Å². The van der Waals surface area contributed by atoms with Crippen LogP contribution in [-0.2, 0) is 85.1 Å². The quantitative estimate of drug-likeness (QED) is 0.00253. The number of carbonyl (C=O) groups is 8. The summed E-state index contributed by atoms with van der Waals surface area (Å²) in [5.74, 6) is -1.00. The number of likely N-dealkylation sites (tertiary alicyclic amines) is 4. The summed E-state index contributed by atoms with van der Waals surface area (Å²) < 4.78 is 28.9. The number of esters is 6. The Labute approximate surface area is 878 Å². The standard InChI is InChI=1S/C16H21BN2O3.C15H20N2O4.C15H22N2O2.C14H19BN2O2.C13H17NO2.C9H9NO4.C7H15BN2O.C6H9BrO2.C6H12N2.C2H5NO3.2CH4/c1-2-22-15(20)8-13-10-19(11-14(13)18-16(17)21)9-12-6-4-3-5-7-12;1-2-21-15(18)8-13-10-16(11-14(13)17(19)20)9-12-6-4-3-5-7-12;1-2-19-15(18)8-13-10-17(11-14(13)16)9-12-6-4-3-5-7-12;15-14(19)16-13-10-17(9-12(13)6-7-18)8-11-4-2-1-3-5-11;1-2-16-13(15)9-6-10-14-11-12-7-4-3-5-8-12;11-9(14-7-6-10(12)13)8-4-2-1-3-5-8;1-8(11)9-7-5-10-3-2-6(7)4-10;1-2-9-6(8)4-3-5-7;7-6-4-8-2-1-5(6)3-8;4-2-1-3(5)6;;/h3-7,13-14H,2,8-11H2,1H3,(H,18,21);3-7,13-14H,2,8-11H2,1H3;3-7,13-14H,2,8-11,16H2,1H3;1-5,12-13,18H,6-10H2,(H,16,19);3-9,14H,2,10-11H2,1H3;1-5H,6-7H2;6-7,9,11H,2-5H2,1H3;3-4H,2,5H2,1H3;5-6H,1-4,7H2;4H,1-2H2;2*1H4/b;;;;9-6-;;;;;;;/t3*13-,14-;12-,13-;;;;;;;;/m0000......../s1. The van der Waals surface area contributed by atoms with Crippen molar-refractivity contribution in [3.63, 3.8) is 0 Å². The molecule has 38 nitrogen and oxygen atoms in total. The van der Waals surface area contributed by atoms with E-state index in [1.165, 1.54) is 73.4 Å². The van der Waals surface area contributed by atoms with Crippen molar-refractivity contribution in [2.24, 2.45) is 47.0 Å². The molecular weight excluding hydrogens is 1950 g/mol. The van der Waals surface area contributed by atoms with E-state index in [0.29, 0.717) is 108 Å². The molecule has 8 aliphatic rings. The summed E-state index contributed by atoms with van der Waals surface area (Å²) in [7, 11) is 10.1. The van der Waals surface area contributed by atoms with Gasteiger partial charge in [0.25, 0.3) is 0 Å². The van der Waals surface area contributed by atoms with Crippen LogP contribution in [0.25, 0.3) is 0 Å². The molecule has 14 atom stereocenters. The molecule has 4 bridgehead atoms. The second-order valence-corrected chi connectivity index (χ2v) is 36.3. The highest BCUT2D eigenvalue weighted by molar-refractivity contribution is 9.09. The summed E-state index contributed by atoms with van der Waals surface area (Å²) in [6, 6.07) is 59.3. The topological polar surface area (TPSA) is 502 Å². The summed E-state index contributed by atoms with van der Waals surface area (Å²) in [6.45, 7) is 29.3. The van der Waals surface area contributed by atoms with Gasteiger partial charge in [0.2, 0.25) is 34.8 Å². The Balaban J connectivity index is 0.000000426. The number of nitro groups is 3. The summed E-state index contributed by atoms with van der Waals surface area (Å²) in [5, 5.41) is 69.0. The van der Waals surface area contributed by atoms with Gasteiger partial charge in [-0.3, -0.25) is 73.9 Å². The lowest BCUT2D eigenvalue weighted by Crippen LogP contribution is -2.46. The maximum Gasteiger partial charge on any atom is 0.373 e. The van der Waals surface area contributed by atoms with Crippen LogP contribution in [0.4, 0.5) is 9.59 Å². The van der Waals surface area contributed by atoms with E-state index in [4.69, 9.17) is 61.3 Å². The first-order valence-corrected chi connectivity index (χ1v) is 50.7. The van der Waals surface area contributed by atoms with Crippen molar-refractivity contribution in [3.8, 4) is 0 Å². The molecule has 8 heterocycles. The number of allylic oxidation sites excluding steroid dienone is 1. The van der Waals surface area contributed by atoms with Gasteiger partial charge in [-0.15, -0.1) is 0 Å². The Bertz CT molecular complexity index is 4750.